The first-order valence-corrected chi connectivity index (χ1v) is 4.21. The van der Waals surface area contributed by atoms with Gasteiger partial charge in [0.1, 0.15) is 5.01 Å². The van der Waals surface area contributed by atoms with Crippen LogP contribution in [0.15, 0.2) is 35.8 Å². The van der Waals surface area contributed by atoms with Gasteiger partial charge < -0.3 is 0 Å². The van der Waals surface area contributed by atoms with Gasteiger partial charge in [-0.2, -0.15) is 0 Å². The van der Waals surface area contributed by atoms with E-state index in [1.165, 1.54) is 0 Å². The summed E-state index contributed by atoms with van der Waals surface area (Å²) in [5.41, 5.74) is 1.14. The van der Waals surface area contributed by atoms with Gasteiger partial charge in [-0.25, -0.2) is 4.98 Å². The van der Waals surface area contributed by atoms with E-state index in [1.807, 2.05) is 35.8 Å². The maximum atomic E-state index is 4.19. The molecule has 1 nitrogen and oxygen atoms in total. The zero-order valence-corrected chi connectivity index (χ0v) is 6.64. The summed E-state index contributed by atoms with van der Waals surface area (Å²) in [4.78, 5) is 4.19. The standard InChI is InChI=1S/C9H6NS/c1-2-4-8(5-3-1)9-10-6-7-11-9/h1-2,4-7H. The Balaban J connectivity index is 2.46. The van der Waals surface area contributed by atoms with Crippen molar-refractivity contribution in [2.24, 2.45) is 0 Å². The number of aromatic nitrogens is 1. The fraction of sp³-hybridized carbons (Fsp3) is 0. The lowest BCUT2D eigenvalue weighted by Gasteiger charge is -1.91. The van der Waals surface area contributed by atoms with E-state index in [4.69, 9.17) is 0 Å². The predicted molar refractivity (Wildman–Crippen MR) is 46.4 cm³/mol. The van der Waals surface area contributed by atoms with E-state index in [-0.39, 0.29) is 0 Å². The Bertz CT molecular complexity index is 313. The highest BCUT2D eigenvalue weighted by Crippen LogP contribution is 2.19. The van der Waals surface area contributed by atoms with Crippen molar-refractivity contribution in [3.05, 3.63) is 41.9 Å². The first kappa shape index (κ1) is 6.55. The number of nitrogens with zero attached hydrogens (tertiary/aromatic N) is 1. The summed E-state index contributed by atoms with van der Waals surface area (Å²) in [6.45, 7) is 0. The van der Waals surface area contributed by atoms with Crippen LogP contribution in [0.3, 0.4) is 0 Å². The third kappa shape index (κ3) is 1.30. The van der Waals surface area contributed by atoms with Crippen LogP contribution in [0.1, 0.15) is 0 Å². The van der Waals surface area contributed by atoms with Crippen molar-refractivity contribution in [3.63, 3.8) is 0 Å². The second kappa shape index (κ2) is 2.84. The molecule has 0 atom stereocenters. The molecule has 0 aliphatic carbocycles. The van der Waals surface area contributed by atoms with Gasteiger partial charge in [0.2, 0.25) is 0 Å². The third-order valence-corrected chi connectivity index (χ3v) is 2.21. The van der Waals surface area contributed by atoms with Gasteiger partial charge in [0.05, 0.1) is 0 Å². The number of rotatable bonds is 1. The van der Waals surface area contributed by atoms with Crippen molar-refractivity contribution >= 4 is 11.3 Å². The van der Waals surface area contributed by atoms with Crippen LogP contribution in [0.5, 0.6) is 0 Å². The summed E-state index contributed by atoms with van der Waals surface area (Å²) in [6.07, 6.45) is 1.81. The first-order chi connectivity index (χ1) is 5.47. The summed E-state index contributed by atoms with van der Waals surface area (Å²) in [5.74, 6) is 0. The molecule has 2 aromatic rings. The van der Waals surface area contributed by atoms with E-state index in [0.29, 0.717) is 0 Å². The van der Waals surface area contributed by atoms with Crippen LogP contribution in [-0.4, -0.2) is 4.98 Å². The normalized spacial score (nSPS) is 9.82. The zero-order valence-electron chi connectivity index (χ0n) is 5.82. The van der Waals surface area contributed by atoms with Gasteiger partial charge in [0, 0.05) is 17.1 Å². The quantitative estimate of drug-likeness (QED) is 0.625. The predicted octanol–water partition coefficient (Wildman–Crippen LogP) is 2.61. The van der Waals surface area contributed by atoms with E-state index in [9.17, 15) is 0 Å². The second-order valence-electron chi connectivity index (χ2n) is 2.13. The van der Waals surface area contributed by atoms with Gasteiger partial charge in [0.25, 0.3) is 0 Å². The topological polar surface area (TPSA) is 12.9 Å². The summed E-state index contributed by atoms with van der Waals surface area (Å²) in [7, 11) is 0. The lowest BCUT2D eigenvalue weighted by atomic mass is 10.2. The minimum atomic E-state index is 1.06. The monoisotopic (exact) mass is 160 g/mol. The Morgan fingerprint density at radius 1 is 1.45 bits per heavy atom. The molecule has 0 fully saturated rings. The van der Waals surface area contributed by atoms with Crippen molar-refractivity contribution in [3.8, 4) is 10.6 Å². The van der Waals surface area contributed by atoms with E-state index in [2.05, 4.69) is 11.1 Å². The SMILES string of the molecule is [c]1cccc(-c2nccs2)c1. The zero-order chi connectivity index (χ0) is 7.52. The molecule has 1 radical (unpaired) electrons. The number of benzene rings is 1. The molecule has 1 aromatic heterocycles. The van der Waals surface area contributed by atoms with Crippen LogP contribution in [-0.2, 0) is 0 Å². The Kier molecular flexibility index (Phi) is 1.69. The lowest BCUT2D eigenvalue weighted by molar-refractivity contribution is 1.41. The molecule has 0 amide bonds. The highest BCUT2D eigenvalue weighted by Gasteiger charge is 1.96. The molecule has 53 valence electrons. The summed E-state index contributed by atoms with van der Waals surface area (Å²) >= 11 is 1.64. The van der Waals surface area contributed by atoms with E-state index in [1.54, 1.807) is 11.3 Å². The average Bonchev–Trinajstić information content (AvgIpc) is 2.58. The van der Waals surface area contributed by atoms with Crippen LogP contribution in [0.25, 0.3) is 10.6 Å². The van der Waals surface area contributed by atoms with Gasteiger partial charge in [-0.3, -0.25) is 0 Å². The summed E-state index contributed by atoms with van der Waals surface area (Å²) in [6, 6.07) is 10.9. The van der Waals surface area contributed by atoms with Crippen molar-refractivity contribution in [2.45, 2.75) is 0 Å². The molecule has 2 rings (SSSR count). The number of hydrogen-bond acceptors (Lipinski definition) is 2. The largest absolute Gasteiger partial charge is 0.245 e. The van der Waals surface area contributed by atoms with E-state index in [0.717, 1.165) is 10.6 Å². The molecule has 0 aliphatic rings. The van der Waals surface area contributed by atoms with Crippen molar-refractivity contribution in [2.75, 3.05) is 0 Å². The average molecular weight is 160 g/mol. The molecule has 0 saturated heterocycles. The van der Waals surface area contributed by atoms with Crippen LogP contribution < -0.4 is 0 Å². The summed E-state index contributed by atoms with van der Waals surface area (Å²) in [5, 5.41) is 3.03. The molecule has 0 spiro atoms. The van der Waals surface area contributed by atoms with Crippen molar-refractivity contribution in [1.82, 2.24) is 4.98 Å². The fourth-order valence-electron chi connectivity index (χ4n) is 0.892. The molecular formula is C9H6NS. The Hall–Kier alpha value is -1.15. The number of thiazole rings is 1. The minimum absolute atomic E-state index is 1.06. The van der Waals surface area contributed by atoms with Crippen LogP contribution in [0.4, 0.5) is 0 Å². The highest BCUT2D eigenvalue weighted by molar-refractivity contribution is 7.13. The van der Waals surface area contributed by atoms with Gasteiger partial charge in [-0.05, 0) is 12.1 Å². The molecule has 11 heavy (non-hydrogen) atoms. The van der Waals surface area contributed by atoms with Gasteiger partial charge in [-0.15, -0.1) is 11.3 Å². The maximum Gasteiger partial charge on any atom is 0.123 e. The molecule has 1 heterocycles. The molecular weight excluding hydrogens is 154 g/mol. The Morgan fingerprint density at radius 2 is 2.45 bits per heavy atom. The lowest BCUT2D eigenvalue weighted by Crippen LogP contribution is -1.71. The summed E-state index contributed by atoms with van der Waals surface area (Å²) < 4.78 is 0. The highest BCUT2D eigenvalue weighted by atomic mass is 32.1. The van der Waals surface area contributed by atoms with Crippen molar-refractivity contribution in [1.29, 1.82) is 0 Å². The van der Waals surface area contributed by atoms with Gasteiger partial charge in [-0.1, -0.05) is 18.2 Å². The van der Waals surface area contributed by atoms with Crippen LogP contribution >= 0.6 is 11.3 Å². The first-order valence-electron chi connectivity index (χ1n) is 3.33. The van der Waals surface area contributed by atoms with Crippen LogP contribution in [0.2, 0.25) is 0 Å². The minimum Gasteiger partial charge on any atom is -0.245 e. The van der Waals surface area contributed by atoms with Gasteiger partial charge >= 0.3 is 0 Å². The molecule has 1 aromatic carbocycles. The Labute approximate surface area is 69.3 Å². The number of hydrogen-bond donors (Lipinski definition) is 0. The van der Waals surface area contributed by atoms with Crippen molar-refractivity contribution < 1.29 is 0 Å². The molecule has 0 aliphatic heterocycles. The second-order valence-corrected chi connectivity index (χ2v) is 3.02. The fourth-order valence-corrected chi connectivity index (χ4v) is 1.53. The van der Waals surface area contributed by atoms with E-state index < -0.39 is 0 Å². The molecule has 2 heteroatoms. The van der Waals surface area contributed by atoms with Crippen LogP contribution in [0, 0.1) is 6.07 Å². The molecule has 0 bridgehead atoms. The molecule has 0 N–H and O–H groups in total. The third-order valence-electron chi connectivity index (χ3n) is 1.39. The Morgan fingerprint density at radius 3 is 3.09 bits per heavy atom. The molecule has 0 unspecified atom stereocenters. The maximum absolute atomic E-state index is 4.19. The van der Waals surface area contributed by atoms with E-state index >= 15 is 0 Å². The van der Waals surface area contributed by atoms with Gasteiger partial charge in [0.15, 0.2) is 0 Å². The smallest absolute Gasteiger partial charge is 0.123 e. The molecule has 0 saturated carbocycles.